The molecule has 0 spiro atoms. The number of rotatable bonds is 3. The molecule has 1 fully saturated rings. The predicted molar refractivity (Wildman–Crippen MR) is 56.9 cm³/mol. The molecule has 0 aromatic heterocycles. The lowest BCUT2D eigenvalue weighted by Crippen LogP contribution is -2.11. The van der Waals surface area contributed by atoms with Gasteiger partial charge < -0.3 is 0 Å². The molecule has 0 saturated heterocycles. The summed E-state index contributed by atoms with van der Waals surface area (Å²) >= 11 is 12.1. The van der Waals surface area contributed by atoms with Crippen LogP contribution in [0.4, 0.5) is 0 Å². The Morgan fingerprint density at radius 3 is 2.33 bits per heavy atom. The Morgan fingerprint density at radius 2 is 1.83 bits per heavy atom. The van der Waals surface area contributed by atoms with E-state index in [9.17, 15) is 4.57 Å². The third kappa shape index (κ3) is 4.98. The molecule has 1 saturated carbocycles. The van der Waals surface area contributed by atoms with Gasteiger partial charge in [-0.05, 0) is 35.3 Å². The van der Waals surface area contributed by atoms with Crippen LogP contribution in [0, 0.1) is 0 Å². The Bertz CT molecular complexity index is 180. The van der Waals surface area contributed by atoms with Crippen molar-refractivity contribution in [3.05, 3.63) is 0 Å². The fraction of sp³-hybridized carbons (Fsp3) is 1.00. The van der Waals surface area contributed by atoms with Gasteiger partial charge in [0.05, 0.1) is 0 Å². The molecule has 0 aromatic carbocycles. The third-order valence-electron chi connectivity index (χ3n) is 1.88. The number of hydrogen-bond donors (Lipinski definition) is 1. The highest BCUT2D eigenvalue weighted by Gasteiger charge is 2.19. The third-order valence-corrected chi connectivity index (χ3v) is 5.20. The van der Waals surface area contributed by atoms with E-state index in [1.807, 2.05) is 0 Å². The van der Waals surface area contributed by atoms with Crippen LogP contribution < -0.4 is 4.49 Å². The Kier molecular flexibility index (Phi) is 4.77. The monoisotopic (exact) mass is 247 g/mol. The van der Waals surface area contributed by atoms with E-state index in [0.717, 1.165) is 0 Å². The van der Waals surface area contributed by atoms with Crippen molar-refractivity contribution >= 4 is 40.4 Å². The molecular formula is C6H12Cl2NOPS. The van der Waals surface area contributed by atoms with Crippen LogP contribution in [0.5, 0.6) is 0 Å². The lowest BCUT2D eigenvalue weighted by molar-refractivity contribution is 0.515. The summed E-state index contributed by atoms with van der Waals surface area (Å²) in [6, 6.07) is 0. The summed E-state index contributed by atoms with van der Waals surface area (Å²) in [7, 11) is 0. The van der Waals surface area contributed by atoms with Crippen LogP contribution in [0.3, 0.4) is 0 Å². The van der Waals surface area contributed by atoms with E-state index in [1.165, 1.54) is 44.1 Å². The normalized spacial score (nSPS) is 21.2. The first kappa shape index (κ1) is 11.2. The molecule has 12 heavy (non-hydrogen) atoms. The average molecular weight is 248 g/mol. The van der Waals surface area contributed by atoms with Crippen LogP contribution in [0.1, 0.15) is 32.1 Å². The summed E-state index contributed by atoms with van der Waals surface area (Å²) in [6.45, 7) is 0. The van der Waals surface area contributed by atoms with E-state index < -0.39 is 6.00 Å². The smallest absolute Gasteiger partial charge is 0.270 e. The quantitative estimate of drug-likeness (QED) is 0.601. The summed E-state index contributed by atoms with van der Waals surface area (Å²) in [5.41, 5.74) is 0. The van der Waals surface area contributed by atoms with Crippen LogP contribution in [0.25, 0.3) is 0 Å². The highest BCUT2D eigenvalue weighted by Crippen LogP contribution is 2.54. The number of halogens is 2. The molecular weight excluding hydrogens is 236 g/mol. The van der Waals surface area contributed by atoms with Gasteiger partial charge in [0.15, 0.2) is 0 Å². The van der Waals surface area contributed by atoms with Crippen LogP contribution in [-0.2, 0) is 4.57 Å². The van der Waals surface area contributed by atoms with Gasteiger partial charge >= 0.3 is 6.00 Å². The molecule has 0 bridgehead atoms. The van der Waals surface area contributed by atoms with E-state index in [2.05, 4.69) is 4.49 Å². The summed E-state index contributed by atoms with van der Waals surface area (Å²) < 4.78 is 13.5. The van der Waals surface area contributed by atoms with Crippen molar-refractivity contribution in [3.63, 3.8) is 0 Å². The second-order valence-corrected chi connectivity index (χ2v) is 8.86. The minimum Gasteiger partial charge on any atom is -0.270 e. The fourth-order valence-corrected chi connectivity index (χ4v) is 3.69. The van der Waals surface area contributed by atoms with Crippen LogP contribution in [-0.4, -0.2) is 5.25 Å². The molecule has 1 N–H and O–H groups in total. The zero-order valence-corrected chi connectivity index (χ0v) is 9.86. The SMILES string of the molecule is O=P(Cl)(Cl)NSC1CCCCC1. The van der Waals surface area contributed by atoms with Gasteiger partial charge in [-0.2, -0.15) is 4.49 Å². The molecule has 0 radical (unpaired) electrons. The van der Waals surface area contributed by atoms with Gasteiger partial charge in [-0.1, -0.05) is 31.2 Å². The minimum absolute atomic E-state index is 0.532. The topological polar surface area (TPSA) is 29.1 Å². The van der Waals surface area contributed by atoms with E-state index in [4.69, 9.17) is 22.5 Å². The molecule has 0 aromatic rings. The number of hydrogen-bond acceptors (Lipinski definition) is 2. The summed E-state index contributed by atoms with van der Waals surface area (Å²) in [6.07, 6.45) is 6.18. The largest absolute Gasteiger partial charge is 0.328 e. The molecule has 0 atom stereocenters. The summed E-state index contributed by atoms with van der Waals surface area (Å²) in [5.74, 6) is -3.07. The summed E-state index contributed by atoms with van der Waals surface area (Å²) in [5, 5.41) is 0.532. The number of nitrogens with one attached hydrogen (secondary N) is 1. The molecule has 2 nitrogen and oxygen atoms in total. The Morgan fingerprint density at radius 1 is 1.25 bits per heavy atom. The molecule has 1 aliphatic rings. The van der Waals surface area contributed by atoms with Crippen molar-refractivity contribution in [1.82, 2.24) is 4.49 Å². The maximum absolute atomic E-state index is 10.9. The lowest BCUT2D eigenvalue weighted by Gasteiger charge is -2.20. The second-order valence-electron chi connectivity index (χ2n) is 2.93. The van der Waals surface area contributed by atoms with Gasteiger partial charge in [-0.15, -0.1) is 0 Å². The molecule has 1 aliphatic carbocycles. The maximum atomic E-state index is 10.9. The van der Waals surface area contributed by atoms with Crippen molar-refractivity contribution in [2.75, 3.05) is 0 Å². The molecule has 0 heterocycles. The van der Waals surface area contributed by atoms with Crippen LogP contribution in [0.2, 0.25) is 0 Å². The minimum atomic E-state index is -3.07. The van der Waals surface area contributed by atoms with Crippen LogP contribution in [0.15, 0.2) is 0 Å². The van der Waals surface area contributed by atoms with E-state index in [0.29, 0.717) is 5.25 Å². The van der Waals surface area contributed by atoms with Crippen molar-refractivity contribution < 1.29 is 4.57 Å². The highest BCUT2D eigenvalue weighted by atomic mass is 35.9. The Labute approximate surface area is 86.9 Å². The first-order chi connectivity index (χ1) is 5.58. The maximum Gasteiger partial charge on any atom is 0.328 e. The zero-order chi connectivity index (χ0) is 9.03. The lowest BCUT2D eigenvalue weighted by atomic mass is 10.0. The molecule has 6 heteroatoms. The fourth-order valence-electron chi connectivity index (χ4n) is 1.32. The van der Waals surface area contributed by atoms with Gasteiger partial charge in [-0.3, -0.25) is 4.57 Å². The van der Waals surface area contributed by atoms with Gasteiger partial charge in [0, 0.05) is 5.25 Å². The van der Waals surface area contributed by atoms with Crippen LogP contribution >= 0.6 is 40.4 Å². The van der Waals surface area contributed by atoms with Gasteiger partial charge in [-0.25, -0.2) is 0 Å². The molecule has 72 valence electrons. The van der Waals surface area contributed by atoms with Crippen molar-refractivity contribution in [1.29, 1.82) is 0 Å². The Hall–Kier alpha value is 1.12. The molecule has 0 amide bonds. The predicted octanol–water partition coefficient (Wildman–Crippen LogP) is 4.14. The van der Waals surface area contributed by atoms with E-state index >= 15 is 0 Å². The van der Waals surface area contributed by atoms with Gasteiger partial charge in [0.1, 0.15) is 0 Å². The molecule has 0 unspecified atom stereocenters. The Balaban J connectivity index is 2.17. The molecule has 0 aliphatic heterocycles. The van der Waals surface area contributed by atoms with Crippen molar-refractivity contribution in [2.24, 2.45) is 0 Å². The zero-order valence-electron chi connectivity index (χ0n) is 6.63. The highest BCUT2D eigenvalue weighted by molar-refractivity contribution is 8.16. The van der Waals surface area contributed by atoms with E-state index in [1.54, 1.807) is 0 Å². The standard InChI is InChI=1S/C6H12Cl2NOPS/c7-11(8,10)9-12-6-4-2-1-3-5-6/h6H,1-5H2,(H,9,10). The van der Waals surface area contributed by atoms with E-state index in [-0.39, 0.29) is 0 Å². The van der Waals surface area contributed by atoms with Gasteiger partial charge in [0.2, 0.25) is 0 Å². The molecule has 1 rings (SSSR count). The first-order valence-electron chi connectivity index (χ1n) is 4.00. The first-order valence-corrected chi connectivity index (χ1v) is 8.40. The van der Waals surface area contributed by atoms with Crippen molar-refractivity contribution in [2.45, 2.75) is 37.4 Å². The summed E-state index contributed by atoms with van der Waals surface area (Å²) in [4.78, 5) is 0. The second kappa shape index (κ2) is 5.11. The average Bonchev–Trinajstić information content (AvgIpc) is 2.02. The van der Waals surface area contributed by atoms with Crippen molar-refractivity contribution in [3.8, 4) is 0 Å². The van der Waals surface area contributed by atoms with Gasteiger partial charge in [0.25, 0.3) is 0 Å².